The minimum Gasteiger partial charge on any atom is -0.294 e. The highest BCUT2D eigenvalue weighted by Crippen LogP contribution is 2.49. The van der Waals surface area contributed by atoms with E-state index in [1.807, 2.05) is 12.1 Å². The largest absolute Gasteiger partial charge is 0.294 e. The van der Waals surface area contributed by atoms with Crippen LogP contribution in [-0.2, 0) is 12.2 Å². The molecule has 1 heterocycles. The van der Waals surface area contributed by atoms with Crippen LogP contribution in [0.5, 0.6) is 0 Å². The Morgan fingerprint density at radius 1 is 0.962 bits per heavy atom. The van der Waals surface area contributed by atoms with Crippen LogP contribution in [0.2, 0.25) is 0 Å². The minimum absolute atomic E-state index is 0.0378. The van der Waals surface area contributed by atoms with Gasteiger partial charge in [-0.05, 0) is 28.5 Å². The maximum absolute atomic E-state index is 13.0. The molecule has 0 saturated carbocycles. The molecule has 1 nitrogen and oxygen atoms in total. The van der Waals surface area contributed by atoms with Crippen LogP contribution in [0.4, 0.5) is 0 Å². The van der Waals surface area contributed by atoms with E-state index in [0.29, 0.717) is 12.2 Å². The Morgan fingerprint density at radius 3 is 2.31 bits per heavy atom. The van der Waals surface area contributed by atoms with Crippen LogP contribution in [0.3, 0.4) is 0 Å². The lowest BCUT2D eigenvalue weighted by atomic mass is 9.74. The molecule has 132 valence electrons. The summed E-state index contributed by atoms with van der Waals surface area (Å²) in [4.78, 5) is 14.2. The number of carbonyl (C=O) groups excluding carboxylic acids is 1. The van der Waals surface area contributed by atoms with Crippen molar-refractivity contribution in [3.8, 4) is 10.4 Å². The van der Waals surface area contributed by atoms with Crippen molar-refractivity contribution >= 4 is 28.9 Å². The van der Waals surface area contributed by atoms with Gasteiger partial charge in [-0.2, -0.15) is 0 Å². The van der Waals surface area contributed by atoms with Gasteiger partial charge in [-0.3, -0.25) is 4.79 Å². The Kier molecular flexibility index (Phi) is 4.76. The van der Waals surface area contributed by atoms with Crippen molar-refractivity contribution in [1.82, 2.24) is 0 Å². The Labute approximate surface area is 163 Å². The maximum atomic E-state index is 13.0. The first kappa shape index (κ1) is 17.6. The number of benzene rings is 2. The van der Waals surface area contributed by atoms with Crippen LogP contribution >= 0.6 is 23.1 Å². The van der Waals surface area contributed by atoms with Gasteiger partial charge >= 0.3 is 0 Å². The lowest BCUT2D eigenvalue weighted by Gasteiger charge is -2.29. The predicted octanol–water partition coefficient (Wildman–Crippen LogP) is 6.86. The molecule has 1 aliphatic rings. The lowest BCUT2D eigenvalue weighted by Crippen LogP contribution is -2.26. The number of thiophene rings is 1. The van der Waals surface area contributed by atoms with Gasteiger partial charge in [-0.1, -0.05) is 74.5 Å². The van der Waals surface area contributed by atoms with E-state index in [2.05, 4.69) is 62.4 Å². The van der Waals surface area contributed by atoms with Gasteiger partial charge in [0.05, 0.1) is 4.21 Å². The molecule has 1 aliphatic carbocycles. The van der Waals surface area contributed by atoms with E-state index in [1.165, 1.54) is 25.8 Å². The monoisotopic (exact) mass is 378 g/mol. The van der Waals surface area contributed by atoms with Crippen molar-refractivity contribution < 1.29 is 4.79 Å². The van der Waals surface area contributed by atoms with Crippen LogP contribution in [-0.4, -0.2) is 5.78 Å². The first-order chi connectivity index (χ1) is 12.5. The Bertz CT molecular complexity index is 924. The molecule has 0 unspecified atom stereocenters. The first-order valence-electron chi connectivity index (χ1n) is 8.94. The summed E-state index contributed by atoms with van der Waals surface area (Å²) in [5, 5.41) is 0. The molecule has 0 fully saturated rings. The molecular weight excluding hydrogens is 356 g/mol. The van der Waals surface area contributed by atoms with Gasteiger partial charge in [0.1, 0.15) is 0 Å². The third kappa shape index (κ3) is 3.51. The van der Waals surface area contributed by atoms with Crippen LogP contribution in [0.15, 0.2) is 64.9 Å². The zero-order valence-electron chi connectivity index (χ0n) is 15.1. The molecule has 0 saturated heterocycles. The number of rotatable bonds is 4. The number of fused-ring (bicyclic) bond motifs is 1. The van der Waals surface area contributed by atoms with Crippen LogP contribution in [0, 0.1) is 5.41 Å². The summed E-state index contributed by atoms with van der Waals surface area (Å²) in [6.45, 7) is 4.41. The van der Waals surface area contributed by atoms with E-state index in [0.717, 1.165) is 17.7 Å². The SMILES string of the molecule is CC1(C)CC(=O)c2c(SCc3ccccc3)sc(-c3ccccc3)c2C1. The highest BCUT2D eigenvalue weighted by Gasteiger charge is 2.36. The smallest absolute Gasteiger partial charge is 0.165 e. The second-order valence-electron chi connectivity index (χ2n) is 7.65. The normalized spacial score (nSPS) is 15.7. The van der Waals surface area contributed by atoms with Crippen molar-refractivity contribution in [3.05, 3.63) is 77.4 Å². The number of thioether (sulfide) groups is 1. The Morgan fingerprint density at radius 2 is 1.62 bits per heavy atom. The second kappa shape index (κ2) is 7.05. The predicted molar refractivity (Wildman–Crippen MR) is 112 cm³/mol. The van der Waals surface area contributed by atoms with Gasteiger partial charge in [0.2, 0.25) is 0 Å². The zero-order chi connectivity index (χ0) is 18.1. The number of Topliss-reactive ketones (excluding diaryl/α,β-unsaturated/α-hetero) is 1. The summed E-state index contributed by atoms with van der Waals surface area (Å²) in [7, 11) is 0. The summed E-state index contributed by atoms with van der Waals surface area (Å²) in [6, 6.07) is 21.0. The quantitative estimate of drug-likeness (QED) is 0.461. The molecule has 0 bridgehead atoms. The van der Waals surface area contributed by atoms with E-state index in [9.17, 15) is 4.79 Å². The molecule has 3 aromatic rings. The van der Waals surface area contributed by atoms with Gasteiger partial charge in [0, 0.05) is 22.6 Å². The summed E-state index contributed by atoms with van der Waals surface area (Å²) in [5.74, 6) is 1.21. The fraction of sp³-hybridized carbons (Fsp3) is 0.261. The fourth-order valence-corrected chi connectivity index (χ4v) is 6.21. The van der Waals surface area contributed by atoms with Crippen LogP contribution in [0.1, 0.15) is 41.8 Å². The summed E-state index contributed by atoms with van der Waals surface area (Å²) in [5.41, 5.74) is 4.82. The van der Waals surface area contributed by atoms with Gasteiger partial charge in [-0.15, -0.1) is 23.1 Å². The molecule has 1 aromatic heterocycles. The van der Waals surface area contributed by atoms with Crippen LogP contribution < -0.4 is 0 Å². The molecule has 0 radical (unpaired) electrons. The third-order valence-electron chi connectivity index (χ3n) is 4.80. The van der Waals surface area contributed by atoms with Gasteiger partial charge in [0.15, 0.2) is 5.78 Å². The molecule has 0 atom stereocenters. The van der Waals surface area contributed by atoms with Crippen molar-refractivity contribution in [2.24, 2.45) is 5.41 Å². The minimum atomic E-state index is 0.0378. The maximum Gasteiger partial charge on any atom is 0.165 e. The number of carbonyl (C=O) groups is 1. The number of hydrogen-bond acceptors (Lipinski definition) is 3. The molecule has 0 N–H and O–H groups in total. The molecular formula is C23H22OS2. The zero-order valence-corrected chi connectivity index (χ0v) is 16.8. The van der Waals surface area contributed by atoms with E-state index in [4.69, 9.17) is 0 Å². The van der Waals surface area contributed by atoms with E-state index in [-0.39, 0.29) is 5.41 Å². The highest BCUT2D eigenvalue weighted by molar-refractivity contribution is 8.00. The van der Waals surface area contributed by atoms with Gasteiger partial charge < -0.3 is 0 Å². The van der Waals surface area contributed by atoms with E-state index >= 15 is 0 Å². The van der Waals surface area contributed by atoms with Crippen molar-refractivity contribution in [3.63, 3.8) is 0 Å². The Hall–Kier alpha value is -1.84. The summed E-state index contributed by atoms with van der Waals surface area (Å²) >= 11 is 3.60. The first-order valence-corrected chi connectivity index (χ1v) is 10.7. The van der Waals surface area contributed by atoms with Gasteiger partial charge in [-0.25, -0.2) is 0 Å². The average molecular weight is 379 g/mol. The molecule has 2 aromatic carbocycles. The molecule has 0 amide bonds. The molecule has 4 rings (SSSR count). The third-order valence-corrected chi connectivity index (χ3v) is 7.42. The standard InChI is InChI=1S/C23H22OS2/c1-23(2)13-18-20(19(24)14-23)22(25-15-16-9-5-3-6-10-16)26-21(18)17-11-7-4-8-12-17/h3-12H,13-15H2,1-2H3. The van der Waals surface area contributed by atoms with E-state index in [1.54, 1.807) is 23.1 Å². The van der Waals surface area contributed by atoms with Crippen molar-refractivity contribution in [2.75, 3.05) is 0 Å². The molecule has 3 heteroatoms. The molecule has 0 aliphatic heterocycles. The number of ketones is 1. The second-order valence-corrected chi connectivity index (χ2v) is 9.92. The van der Waals surface area contributed by atoms with Crippen molar-refractivity contribution in [1.29, 1.82) is 0 Å². The highest BCUT2D eigenvalue weighted by atomic mass is 32.2. The number of hydrogen-bond donors (Lipinski definition) is 0. The van der Waals surface area contributed by atoms with E-state index < -0.39 is 0 Å². The summed E-state index contributed by atoms with van der Waals surface area (Å²) in [6.07, 6.45) is 1.62. The van der Waals surface area contributed by atoms with Gasteiger partial charge in [0.25, 0.3) is 0 Å². The lowest BCUT2D eigenvalue weighted by molar-refractivity contribution is 0.0910. The summed E-state index contributed by atoms with van der Waals surface area (Å²) < 4.78 is 1.18. The molecule has 0 spiro atoms. The topological polar surface area (TPSA) is 17.1 Å². The Balaban J connectivity index is 1.75. The van der Waals surface area contributed by atoms with Crippen molar-refractivity contribution in [2.45, 2.75) is 36.7 Å². The molecule has 26 heavy (non-hydrogen) atoms. The van der Waals surface area contributed by atoms with Crippen LogP contribution in [0.25, 0.3) is 10.4 Å². The average Bonchev–Trinajstić information content (AvgIpc) is 2.99. The fourth-order valence-electron chi connectivity index (χ4n) is 3.60.